The van der Waals surface area contributed by atoms with Crippen LogP contribution in [-0.2, 0) is 10.0 Å². The van der Waals surface area contributed by atoms with E-state index < -0.39 is 15.8 Å². The molecule has 0 aliphatic heterocycles. The summed E-state index contributed by atoms with van der Waals surface area (Å²) in [6.07, 6.45) is 0. The molecule has 2 N–H and O–H groups in total. The van der Waals surface area contributed by atoms with E-state index in [4.69, 9.17) is 16.7 Å². The Kier molecular flexibility index (Phi) is 4.31. The number of primary sulfonamides is 1. The highest BCUT2D eigenvalue weighted by molar-refractivity contribution is 7.89. The first-order valence-electron chi connectivity index (χ1n) is 6.56. The SMILES string of the molecule is NS(=O)(=O)c1ccc(-c2csc(=O)n2-c2ccc(F)c(Cl)c2)cc1. The maximum atomic E-state index is 13.3. The van der Waals surface area contributed by atoms with Gasteiger partial charge in [0.05, 0.1) is 21.3 Å². The van der Waals surface area contributed by atoms with Crippen LogP contribution >= 0.6 is 22.9 Å². The molecule has 3 aromatic rings. The summed E-state index contributed by atoms with van der Waals surface area (Å²) in [6.45, 7) is 0. The normalized spacial score (nSPS) is 11.6. The van der Waals surface area contributed by atoms with Crippen molar-refractivity contribution in [3.05, 3.63) is 68.4 Å². The molecule has 0 atom stereocenters. The molecule has 0 aliphatic rings. The van der Waals surface area contributed by atoms with E-state index in [0.29, 0.717) is 16.9 Å². The van der Waals surface area contributed by atoms with Crippen molar-refractivity contribution < 1.29 is 12.8 Å². The standard InChI is InChI=1S/C15H10ClFN2O3S2/c16-12-7-10(3-6-13(12)17)19-14(8-23-15(19)20)9-1-4-11(5-2-9)24(18,21)22/h1-8H,(H2,18,21,22). The number of hydrogen-bond acceptors (Lipinski definition) is 4. The number of aromatic nitrogens is 1. The molecule has 0 spiro atoms. The van der Waals surface area contributed by atoms with Crippen LogP contribution in [0.25, 0.3) is 16.9 Å². The Hall–Kier alpha value is -2.00. The van der Waals surface area contributed by atoms with Gasteiger partial charge in [-0.15, -0.1) is 0 Å². The molecule has 0 unspecified atom stereocenters. The molecule has 9 heteroatoms. The van der Waals surface area contributed by atoms with Crippen molar-refractivity contribution in [2.45, 2.75) is 4.90 Å². The number of halogens is 2. The maximum Gasteiger partial charge on any atom is 0.312 e. The molecule has 124 valence electrons. The average Bonchev–Trinajstić information content (AvgIpc) is 2.91. The Bertz CT molecular complexity index is 1070. The Morgan fingerprint density at radius 3 is 2.38 bits per heavy atom. The van der Waals surface area contributed by atoms with E-state index in [1.807, 2.05) is 0 Å². The van der Waals surface area contributed by atoms with E-state index in [1.165, 1.54) is 34.9 Å². The van der Waals surface area contributed by atoms with E-state index in [2.05, 4.69) is 0 Å². The zero-order chi connectivity index (χ0) is 17.5. The zero-order valence-electron chi connectivity index (χ0n) is 11.9. The van der Waals surface area contributed by atoms with Gasteiger partial charge in [-0.25, -0.2) is 17.9 Å². The van der Waals surface area contributed by atoms with Crippen molar-refractivity contribution in [1.29, 1.82) is 0 Å². The number of hydrogen-bond donors (Lipinski definition) is 1. The van der Waals surface area contributed by atoms with Gasteiger partial charge in [0.15, 0.2) is 0 Å². The van der Waals surface area contributed by atoms with Gasteiger partial charge in [0.25, 0.3) is 0 Å². The monoisotopic (exact) mass is 384 g/mol. The smallest absolute Gasteiger partial charge is 0.267 e. The van der Waals surface area contributed by atoms with Gasteiger partial charge in [0.2, 0.25) is 10.0 Å². The van der Waals surface area contributed by atoms with Crippen molar-refractivity contribution in [3.63, 3.8) is 0 Å². The van der Waals surface area contributed by atoms with Crippen LogP contribution in [0.4, 0.5) is 4.39 Å². The molecule has 24 heavy (non-hydrogen) atoms. The number of rotatable bonds is 3. The minimum Gasteiger partial charge on any atom is -0.267 e. The Balaban J connectivity index is 2.14. The molecule has 3 rings (SSSR count). The second-order valence-corrected chi connectivity index (χ2v) is 7.68. The second kappa shape index (κ2) is 6.14. The van der Waals surface area contributed by atoms with E-state index in [9.17, 15) is 17.6 Å². The summed E-state index contributed by atoms with van der Waals surface area (Å²) in [5.41, 5.74) is 1.56. The van der Waals surface area contributed by atoms with Crippen LogP contribution in [0.15, 0.2) is 57.5 Å². The summed E-state index contributed by atoms with van der Waals surface area (Å²) in [4.78, 5) is 11.9. The third-order valence-corrected chi connectivity index (χ3v) is 5.28. The average molecular weight is 385 g/mol. The molecule has 0 saturated heterocycles. The first kappa shape index (κ1) is 16.8. The lowest BCUT2D eigenvalue weighted by Gasteiger charge is -2.09. The fourth-order valence-corrected chi connectivity index (χ4v) is 3.64. The van der Waals surface area contributed by atoms with Crippen LogP contribution in [0, 0.1) is 5.82 Å². The number of nitrogens with zero attached hydrogens (tertiary/aromatic N) is 1. The highest BCUT2D eigenvalue weighted by Gasteiger charge is 2.14. The van der Waals surface area contributed by atoms with Crippen LogP contribution in [0.5, 0.6) is 0 Å². The lowest BCUT2D eigenvalue weighted by molar-refractivity contribution is 0.598. The van der Waals surface area contributed by atoms with E-state index >= 15 is 0 Å². The molecule has 2 aromatic carbocycles. The Labute approximate surface area is 145 Å². The van der Waals surface area contributed by atoms with Crippen molar-refractivity contribution in [1.82, 2.24) is 4.57 Å². The summed E-state index contributed by atoms with van der Waals surface area (Å²) in [6, 6.07) is 9.77. The van der Waals surface area contributed by atoms with Gasteiger partial charge in [0.1, 0.15) is 5.82 Å². The summed E-state index contributed by atoms with van der Waals surface area (Å²) < 4.78 is 37.3. The number of thiazole rings is 1. The van der Waals surface area contributed by atoms with Crippen LogP contribution < -0.4 is 10.0 Å². The van der Waals surface area contributed by atoms with Gasteiger partial charge in [-0.1, -0.05) is 35.1 Å². The Morgan fingerprint density at radius 1 is 1.12 bits per heavy atom. The van der Waals surface area contributed by atoms with Gasteiger partial charge >= 0.3 is 4.87 Å². The summed E-state index contributed by atoms with van der Waals surface area (Å²) in [7, 11) is -3.79. The van der Waals surface area contributed by atoms with Gasteiger partial charge in [-0.2, -0.15) is 0 Å². The predicted octanol–water partition coefficient (Wildman–Crippen LogP) is 3.01. The number of benzene rings is 2. The summed E-state index contributed by atoms with van der Waals surface area (Å²) >= 11 is 6.75. The van der Waals surface area contributed by atoms with Gasteiger partial charge in [-0.3, -0.25) is 9.36 Å². The van der Waals surface area contributed by atoms with E-state index in [1.54, 1.807) is 17.5 Å². The minimum atomic E-state index is -3.79. The maximum absolute atomic E-state index is 13.3. The first-order chi connectivity index (χ1) is 11.3. The van der Waals surface area contributed by atoms with Crippen molar-refractivity contribution in [2.75, 3.05) is 0 Å². The van der Waals surface area contributed by atoms with Crippen LogP contribution in [-0.4, -0.2) is 13.0 Å². The summed E-state index contributed by atoms with van der Waals surface area (Å²) in [5, 5.41) is 6.60. The number of sulfonamides is 1. The van der Waals surface area contributed by atoms with Crippen molar-refractivity contribution >= 4 is 33.0 Å². The molecular weight excluding hydrogens is 375 g/mol. The first-order valence-corrected chi connectivity index (χ1v) is 9.37. The van der Waals surface area contributed by atoms with Gasteiger partial charge < -0.3 is 0 Å². The number of nitrogens with two attached hydrogens (primary N) is 1. The summed E-state index contributed by atoms with van der Waals surface area (Å²) in [5.74, 6) is -0.581. The van der Waals surface area contributed by atoms with E-state index in [0.717, 1.165) is 11.3 Å². The highest BCUT2D eigenvalue weighted by atomic mass is 35.5. The van der Waals surface area contributed by atoms with Crippen LogP contribution in [0.1, 0.15) is 0 Å². The quantitative estimate of drug-likeness (QED) is 0.753. The third-order valence-electron chi connectivity index (χ3n) is 3.33. The fraction of sp³-hybridized carbons (Fsp3) is 0. The molecule has 5 nitrogen and oxygen atoms in total. The van der Waals surface area contributed by atoms with Crippen molar-refractivity contribution in [3.8, 4) is 16.9 Å². The molecule has 0 fully saturated rings. The molecule has 0 radical (unpaired) electrons. The molecule has 0 bridgehead atoms. The lowest BCUT2D eigenvalue weighted by Crippen LogP contribution is -2.13. The van der Waals surface area contributed by atoms with Gasteiger partial charge in [-0.05, 0) is 35.9 Å². The zero-order valence-corrected chi connectivity index (χ0v) is 14.3. The minimum absolute atomic E-state index is 0.0276. The fourth-order valence-electron chi connectivity index (χ4n) is 2.19. The largest absolute Gasteiger partial charge is 0.312 e. The molecule has 0 amide bonds. The Morgan fingerprint density at radius 2 is 1.79 bits per heavy atom. The molecule has 0 saturated carbocycles. The topological polar surface area (TPSA) is 82.2 Å². The molecule has 1 heterocycles. The van der Waals surface area contributed by atoms with Crippen LogP contribution in [0.2, 0.25) is 5.02 Å². The predicted molar refractivity (Wildman–Crippen MR) is 91.7 cm³/mol. The molecular formula is C15H10ClFN2O3S2. The molecule has 1 aromatic heterocycles. The third kappa shape index (κ3) is 3.13. The van der Waals surface area contributed by atoms with Gasteiger partial charge in [0, 0.05) is 5.38 Å². The van der Waals surface area contributed by atoms with Crippen LogP contribution in [0.3, 0.4) is 0 Å². The second-order valence-electron chi connectivity index (χ2n) is 4.89. The van der Waals surface area contributed by atoms with E-state index in [-0.39, 0.29) is 14.8 Å². The lowest BCUT2D eigenvalue weighted by atomic mass is 10.1. The molecule has 0 aliphatic carbocycles. The highest BCUT2D eigenvalue weighted by Crippen LogP contribution is 2.26. The van der Waals surface area contributed by atoms with Crippen molar-refractivity contribution in [2.24, 2.45) is 5.14 Å².